The number of hydrogen-bond acceptors (Lipinski definition) is 3. The minimum atomic E-state index is -1.51. The summed E-state index contributed by atoms with van der Waals surface area (Å²) in [7, 11) is -1.51. The summed E-state index contributed by atoms with van der Waals surface area (Å²) in [6.45, 7) is 1.40. The van der Waals surface area contributed by atoms with Gasteiger partial charge in [-0.1, -0.05) is 18.2 Å². The van der Waals surface area contributed by atoms with Gasteiger partial charge >= 0.3 is 5.97 Å². The smallest absolute Gasteiger partial charge is 0.318 e. The molecule has 5 heteroatoms. The van der Waals surface area contributed by atoms with Crippen molar-refractivity contribution in [3.63, 3.8) is 0 Å². The van der Waals surface area contributed by atoms with E-state index in [9.17, 15) is 9.00 Å². The first kappa shape index (κ1) is 12.4. The molecule has 0 fully saturated rings. The first-order chi connectivity index (χ1) is 7.56. The van der Waals surface area contributed by atoms with Gasteiger partial charge < -0.3 is 5.11 Å². The van der Waals surface area contributed by atoms with Gasteiger partial charge in [-0.15, -0.1) is 0 Å². The van der Waals surface area contributed by atoms with E-state index in [4.69, 9.17) is 10.4 Å². The zero-order chi connectivity index (χ0) is 12.1. The molecule has 84 valence electrons. The quantitative estimate of drug-likeness (QED) is 0.855. The third-order valence-electron chi connectivity index (χ3n) is 2.18. The highest BCUT2D eigenvalue weighted by molar-refractivity contribution is 7.85. The molecule has 16 heavy (non-hydrogen) atoms. The summed E-state index contributed by atoms with van der Waals surface area (Å²) in [4.78, 5) is 10.6. The predicted molar refractivity (Wildman–Crippen MR) is 60.1 cm³/mol. The molecule has 0 aromatic heterocycles. The molecule has 1 aromatic carbocycles. The number of benzene rings is 1. The molecule has 2 atom stereocenters. The number of rotatable bonds is 4. The monoisotopic (exact) mass is 237 g/mol. The number of carbonyl (C=O) groups is 1. The van der Waals surface area contributed by atoms with Crippen molar-refractivity contribution < 1.29 is 14.1 Å². The van der Waals surface area contributed by atoms with Gasteiger partial charge in [-0.05, 0) is 18.6 Å². The summed E-state index contributed by atoms with van der Waals surface area (Å²) in [6.07, 6.45) is 0. The van der Waals surface area contributed by atoms with Crippen molar-refractivity contribution in [3.8, 4) is 6.07 Å². The zero-order valence-electron chi connectivity index (χ0n) is 8.71. The first-order valence-electron chi connectivity index (χ1n) is 4.64. The Labute approximate surface area is 96.0 Å². The SMILES string of the molecule is CC(C(=O)O)S(=O)Cc1ccccc1C#N. The Morgan fingerprint density at radius 1 is 1.56 bits per heavy atom. The molecule has 0 bridgehead atoms. The second-order valence-electron chi connectivity index (χ2n) is 3.27. The number of hydrogen-bond donors (Lipinski definition) is 1. The van der Waals surface area contributed by atoms with E-state index in [1.165, 1.54) is 6.92 Å². The van der Waals surface area contributed by atoms with E-state index in [0.717, 1.165) is 0 Å². The lowest BCUT2D eigenvalue weighted by atomic mass is 10.1. The van der Waals surface area contributed by atoms with Crippen molar-refractivity contribution in [1.82, 2.24) is 0 Å². The van der Waals surface area contributed by atoms with E-state index >= 15 is 0 Å². The number of nitriles is 1. The Hall–Kier alpha value is -1.67. The summed E-state index contributed by atoms with van der Waals surface area (Å²) in [5, 5.41) is 16.6. The van der Waals surface area contributed by atoms with Gasteiger partial charge in [-0.25, -0.2) is 0 Å². The second-order valence-corrected chi connectivity index (χ2v) is 5.03. The maximum Gasteiger partial charge on any atom is 0.318 e. The van der Waals surface area contributed by atoms with Crippen LogP contribution in [-0.2, 0) is 21.3 Å². The topological polar surface area (TPSA) is 78.2 Å². The van der Waals surface area contributed by atoms with Gasteiger partial charge in [-0.2, -0.15) is 5.26 Å². The van der Waals surface area contributed by atoms with Crippen LogP contribution in [0, 0.1) is 11.3 Å². The largest absolute Gasteiger partial charge is 0.480 e. The minimum Gasteiger partial charge on any atom is -0.480 e. The van der Waals surface area contributed by atoms with Gasteiger partial charge in [0.1, 0.15) is 5.25 Å². The number of carboxylic acids is 1. The Bertz CT molecular complexity index is 465. The number of nitrogens with zero attached hydrogens (tertiary/aromatic N) is 1. The highest BCUT2D eigenvalue weighted by Crippen LogP contribution is 2.12. The van der Waals surface area contributed by atoms with Crippen LogP contribution in [0.25, 0.3) is 0 Å². The maximum absolute atomic E-state index is 11.6. The molecule has 1 rings (SSSR count). The van der Waals surface area contributed by atoms with E-state index < -0.39 is 22.0 Å². The maximum atomic E-state index is 11.6. The van der Waals surface area contributed by atoms with Crippen LogP contribution in [0.2, 0.25) is 0 Å². The lowest BCUT2D eigenvalue weighted by molar-refractivity contribution is -0.136. The molecular formula is C11H11NO3S. The summed E-state index contributed by atoms with van der Waals surface area (Å²) >= 11 is 0. The van der Waals surface area contributed by atoms with E-state index in [1.54, 1.807) is 24.3 Å². The van der Waals surface area contributed by atoms with Crippen LogP contribution >= 0.6 is 0 Å². The number of carboxylic acid groups (broad SMARTS) is 1. The lowest BCUT2D eigenvalue weighted by Crippen LogP contribution is -2.23. The van der Waals surface area contributed by atoms with E-state index in [-0.39, 0.29) is 5.75 Å². The summed E-state index contributed by atoms with van der Waals surface area (Å²) in [6, 6.07) is 8.74. The van der Waals surface area contributed by atoms with Crippen LogP contribution in [0.1, 0.15) is 18.1 Å². The standard InChI is InChI=1S/C11H11NO3S/c1-8(11(13)14)16(15)7-10-5-3-2-4-9(10)6-12/h2-5,8H,7H2,1H3,(H,13,14). The molecule has 0 saturated heterocycles. The predicted octanol–water partition coefficient (Wildman–Crippen LogP) is 1.28. The third kappa shape index (κ3) is 2.91. The highest BCUT2D eigenvalue weighted by atomic mass is 32.2. The Balaban J connectivity index is 2.86. The van der Waals surface area contributed by atoms with Gasteiger partial charge in [0.2, 0.25) is 0 Å². The fourth-order valence-electron chi connectivity index (χ4n) is 1.15. The summed E-state index contributed by atoms with van der Waals surface area (Å²) in [5.74, 6) is -0.996. The molecule has 1 aromatic rings. The Kier molecular flexibility index (Phi) is 4.20. The molecule has 4 nitrogen and oxygen atoms in total. The lowest BCUT2D eigenvalue weighted by Gasteiger charge is -2.07. The van der Waals surface area contributed by atoms with Crippen molar-refractivity contribution in [2.45, 2.75) is 17.9 Å². The van der Waals surface area contributed by atoms with Gasteiger partial charge in [0, 0.05) is 10.8 Å². The van der Waals surface area contributed by atoms with Gasteiger partial charge in [-0.3, -0.25) is 9.00 Å². The second kappa shape index (κ2) is 5.42. The van der Waals surface area contributed by atoms with Crippen molar-refractivity contribution in [1.29, 1.82) is 5.26 Å². The molecule has 0 amide bonds. The summed E-state index contributed by atoms with van der Waals surface area (Å²) < 4.78 is 11.6. The molecule has 0 aliphatic rings. The average Bonchev–Trinajstić information content (AvgIpc) is 2.28. The highest BCUT2D eigenvalue weighted by Gasteiger charge is 2.19. The number of aliphatic carboxylic acids is 1. The minimum absolute atomic E-state index is 0.0944. The van der Waals surface area contributed by atoms with Gasteiger partial charge in [0.25, 0.3) is 0 Å². The van der Waals surface area contributed by atoms with Crippen LogP contribution in [0.5, 0.6) is 0 Å². The van der Waals surface area contributed by atoms with Crippen LogP contribution in [-0.4, -0.2) is 20.5 Å². The van der Waals surface area contributed by atoms with Crippen LogP contribution in [0.15, 0.2) is 24.3 Å². The molecule has 0 aliphatic heterocycles. The van der Waals surface area contributed by atoms with Crippen molar-refractivity contribution in [2.75, 3.05) is 0 Å². The molecule has 0 heterocycles. The fourth-order valence-corrected chi connectivity index (χ4v) is 2.18. The molecule has 0 aliphatic carbocycles. The zero-order valence-corrected chi connectivity index (χ0v) is 9.53. The van der Waals surface area contributed by atoms with Crippen molar-refractivity contribution in [3.05, 3.63) is 35.4 Å². The van der Waals surface area contributed by atoms with E-state index in [1.807, 2.05) is 6.07 Å². The van der Waals surface area contributed by atoms with Crippen LogP contribution < -0.4 is 0 Å². The molecule has 0 spiro atoms. The molecule has 1 N–H and O–H groups in total. The molecular weight excluding hydrogens is 226 g/mol. The average molecular weight is 237 g/mol. The third-order valence-corrected chi connectivity index (χ3v) is 3.76. The van der Waals surface area contributed by atoms with Crippen molar-refractivity contribution >= 4 is 16.8 Å². The first-order valence-corrected chi connectivity index (χ1v) is 6.02. The van der Waals surface area contributed by atoms with E-state index in [2.05, 4.69) is 0 Å². The van der Waals surface area contributed by atoms with Gasteiger partial charge in [0.15, 0.2) is 0 Å². The van der Waals surface area contributed by atoms with Gasteiger partial charge in [0.05, 0.1) is 17.4 Å². The van der Waals surface area contributed by atoms with Crippen LogP contribution in [0.4, 0.5) is 0 Å². The Morgan fingerprint density at radius 2 is 2.19 bits per heavy atom. The fraction of sp³-hybridized carbons (Fsp3) is 0.273. The van der Waals surface area contributed by atoms with Crippen molar-refractivity contribution in [2.24, 2.45) is 0 Å². The molecule has 0 radical (unpaired) electrons. The Morgan fingerprint density at radius 3 is 2.75 bits per heavy atom. The van der Waals surface area contributed by atoms with Crippen LogP contribution in [0.3, 0.4) is 0 Å². The molecule has 0 saturated carbocycles. The summed E-state index contributed by atoms with van der Waals surface area (Å²) in [5.41, 5.74) is 1.06. The normalized spacial score (nSPS) is 13.8. The molecule has 2 unspecified atom stereocenters. The van der Waals surface area contributed by atoms with E-state index in [0.29, 0.717) is 11.1 Å².